The van der Waals surface area contributed by atoms with Gasteiger partial charge in [0.1, 0.15) is 12.6 Å². The molecular formula is C16H26N4O2Si. The van der Waals surface area contributed by atoms with E-state index in [0.29, 0.717) is 12.4 Å². The Morgan fingerprint density at radius 1 is 1.22 bits per heavy atom. The summed E-state index contributed by atoms with van der Waals surface area (Å²) in [6.07, 6.45) is 1.72. The lowest BCUT2D eigenvalue weighted by molar-refractivity contribution is 0.0867. The molecule has 0 fully saturated rings. The summed E-state index contributed by atoms with van der Waals surface area (Å²) in [4.78, 5) is 4.29. The topological polar surface area (TPSA) is 73.1 Å². The van der Waals surface area contributed by atoms with Crippen molar-refractivity contribution in [2.24, 2.45) is 0 Å². The van der Waals surface area contributed by atoms with Crippen LogP contribution in [-0.4, -0.2) is 39.5 Å². The molecule has 0 aliphatic rings. The van der Waals surface area contributed by atoms with Gasteiger partial charge in [0.25, 0.3) is 0 Å². The van der Waals surface area contributed by atoms with Gasteiger partial charge in [-0.1, -0.05) is 19.6 Å². The van der Waals surface area contributed by atoms with E-state index in [1.54, 1.807) is 6.20 Å². The van der Waals surface area contributed by atoms with E-state index in [1.807, 2.05) is 24.5 Å². The number of ether oxygens (including phenoxy) is 1. The Kier molecular flexibility index (Phi) is 5.67. The summed E-state index contributed by atoms with van der Waals surface area (Å²) in [5.74, 6) is 1.56. The van der Waals surface area contributed by atoms with Crippen molar-refractivity contribution < 1.29 is 9.84 Å². The molecule has 7 heteroatoms. The third-order valence-electron chi connectivity index (χ3n) is 3.75. The van der Waals surface area contributed by atoms with Gasteiger partial charge < -0.3 is 9.84 Å². The van der Waals surface area contributed by atoms with Crippen molar-refractivity contribution in [3.8, 4) is 11.4 Å². The first-order chi connectivity index (χ1) is 10.8. The summed E-state index contributed by atoms with van der Waals surface area (Å²) in [5.41, 5.74) is 2.51. The Morgan fingerprint density at radius 3 is 2.57 bits per heavy atom. The van der Waals surface area contributed by atoms with Gasteiger partial charge in [0, 0.05) is 26.4 Å². The van der Waals surface area contributed by atoms with Crippen LogP contribution in [0.4, 0.5) is 0 Å². The van der Waals surface area contributed by atoms with Gasteiger partial charge in [-0.2, -0.15) is 0 Å². The lowest BCUT2D eigenvalue weighted by atomic mass is 10.1. The lowest BCUT2D eigenvalue weighted by Crippen LogP contribution is -2.22. The van der Waals surface area contributed by atoms with Crippen LogP contribution in [0.2, 0.25) is 25.7 Å². The SMILES string of the molecule is Cc1cc(-c2nnc(C)n2COCC[Si](C)(C)C)cnc1CO. The summed E-state index contributed by atoms with van der Waals surface area (Å²) in [6, 6.07) is 3.11. The van der Waals surface area contributed by atoms with E-state index >= 15 is 0 Å². The molecule has 0 aliphatic heterocycles. The first-order valence-corrected chi connectivity index (χ1v) is 11.6. The molecule has 0 bridgehead atoms. The van der Waals surface area contributed by atoms with Gasteiger partial charge in [0.05, 0.1) is 12.3 Å². The van der Waals surface area contributed by atoms with Crippen molar-refractivity contribution in [2.75, 3.05) is 6.61 Å². The number of rotatable bonds is 7. The second-order valence-corrected chi connectivity index (χ2v) is 12.6. The van der Waals surface area contributed by atoms with Crippen molar-refractivity contribution in [2.45, 2.75) is 52.9 Å². The highest BCUT2D eigenvalue weighted by Crippen LogP contribution is 2.20. The molecule has 0 aromatic carbocycles. The number of pyridine rings is 1. The Bertz CT molecular complexity index is 665. The van der Waals surface area contributed by atoms with Crippen LogP contribution in [0.1, 0.15) is 17.1 Å². The molecule has 0 aliphatic carbocycles. The standard InChI is InChI=1S/C16H26N4O2Si/c1-12-8-14(9-17-15(12)10-21)16-19-18-13(2)20(16)11-22-6-7-23(3,4)5/h8-9,21H,6-7,10-11H2,1-5H3. The van der Waals surface area contributed by atoms with Crippen LogP contribution in [0.15, 0.2) is 12.3 Å². The van der Waals surface area contributed by atoms with Gasteiger partial charge >= 0.3 is 0 Å². The van der Waals surface area contributed by atoms with Gasteiger partial charge in [-0.3, -0.25) is 9.55 Å². The van der Waals surface area contributed by atoms with Crippen LogP contribution in [0.3, 0.4) is 0 Å². The highest BCUT2D eigenvalue weighted by Gasteiger charge is 2.15. The van der Waals surface area contributed by atoms with Crippen LogP contribution in [0, 0.1) is 13.8 Å². The highest BCUT2D eigenvalue weighted by molar-refractivity contribution is 6.76. The molecule has 0 radical (unpaired) electrons. The molecule has 2 aromatic rings. The molecular weight excluding hydrogens is 308 g/mol. The minimum atomic E-state index is -1.09. The molecule has 0 spiro atoms. The summed E-state index contributed by atoms with van der Waals surface area (Å²) in [5, 5.41) is 17.6. The van der Waals surface area contributed by atoms with Crippen LogP contribution >= 0.6 is 0 Å². The maximum Gasteiger partial charge on any atom is 0.167 e. The molecule has 0 atom stereocenters. The zero-order valence-electron chi connectivity index (χ0n) is 14.6. The molecule has 0 saturated carbocycles. The molecule has 1 N–H and O–H groups in total. The molecule has 2 rings (SSSR count). The van der Waals surface area contributed by atoms with E-state index in [2.05, 4.69) is 34.8 Å². The lowest BCUT2D eigenvalue weighted by Gasteiger charge is -2.16. The van der Waals surface area contributed by atoms with Gasteiger partial charge in [0.15, 0.2) is 5.82 Å². The molecule has 6 nitrogen and oxygen atoms in total. The molecule has 2 aromatic heterocycles. The van der Waals surface area contributed by atoms with Gasteiger partial charge in [-0.15, -0.1) is 10.2 Å². The fraction of sp³-hybridized carbons (Fsp3) is 0.562. The maximum atomic E-state index is 9.24. The van der Waals surface area contributed by atoms with Gasteiger partial charge in [0.2, 0.25) is 0 Å². The molecule has 2 heterocycles. The number of aromatic nitrogens is 4. The smallest absolute Gasteiger partial charge is 0.167 e. The average Bonchev–Trinajstić information content (AvgIpc) is 2.84. The van der Waals surface area contributed by atoms with Gasteiger partial charge in [-0.25, -0.2) is 0 Å². The van der Waals surface area contributed by atoms with Crippen molar-refractivity contribution in [3.63, 3.8) is 0 Å². The molecule has 0 saturated heterocycles. The van der Waals surface area contributed by atoms with Gasteiger partial charge in [-0.05, 0) is 31.5 Å². The Hall–Kier alpha value is -1.57. The van der Waals surface area contributed by atoms with E-state index < -0.39 is 8.07 Å². The minimum absolute atomic E-state index is 0.0579. The molecule has 126 valence electrons. The fourth-order valence-electron chi connectivity index (χ4n) is 2.17. The largest absolute Gasteiger partial charge is 0.390 e. The van der Waals surface area contributed by atoms with Crippen LogP contribution < -0.4 is 0 Å². The quantitative estimate of drug-likeness (QED) is 0.622. The van der Waals surface area contributed by atoms with Crippen molar-refractivity contribution >= 4 is 8.07 Å². The number of hydrogen-bond donors (Lipinski definition) is 1. The van der Waals surface area contributed by atoms with Crippen molar-refractivity contribution in [1.82, 2.24) is 19.7 Å². The zero-order chi connectivity index (χ0) is 17.0. The van der Waals surface area contributed by atoms with E-state index in [-0.39, 0.29) is 6.61 Å². The predicted molar refractivity (Wildman–Crippen MR) is 92.8 cm³/mol. The number of aliphatic hydroxyl groups excluding tert-OH is 1. The summed E-state index contributed by atoms with van der Waals surface area (Å²) in [6.45, 7) is 12.0. The van der Waals surface area contributed by atoms with Crippen LogP contribution in [0.5, 0.6) is 0 Å². The highest BCUT2D eigenvalue weighted by atomic mass is 28.3. The number of aliphatic hydroxyl groups is 1. The second kappa shape index (κ2) is 7.33. The van der Waals surface area contributed by atoms with Crippen LogP contribution in [0.25, 0.3) is 11.4 Å². The zero-order valence-corrected chi connectivity index (χ0v) is 15.6. The summed E-state index contributed by atoms with van der Waals surface area (Å²) in [7, 11) is -1.09. The van der Waals surface area contributed by atoms with Crippen molar-refractivity contribution in [1.29, 1.82) is 0 Å². The predicted octanol–water partition coefficient (Wildman–Crippen LogP) is 2.76. The Labute approximate surface area is 138 Å². The van der Waals surface area contributed by atoms with E-state index in [4.69, 9.17) is 4.74 Å². The normalized spacial score (nSPS) is 11.9. The number of nitrogens with zero attached hydrogens (tertiary/aromatic N) is 4. The second-order valence-electron chi connectivity index (χ2n) is 6.99. The number of aryl methyl sites for hydroxylation is 2. The first-order valence-electron chi connectivity index (χ1n) is 7.86. The van der Waals surface area contributed by atoms with Crippen LogP contribution in [-0.2, 0) is 18.1 Å². The van der Waals surface area contributed by atoms with Crippen molar-refractivity contribution in [3.05, 3.63) is 29.3 Å². The maximum absolute atomic E-state index is 9.24. The number of hydrogen-bond acceptors (Lipinski definition) is 5. The molecule has 0 unspecified atom stereocenters. The molecule has 23 heavy (non-hydrogen) atoms. The third kappa shape index (κ3) is 4.70. The average molecular weight is 334 g/mol. The fourth-order valence-corrected chi connectivity index (χ4v) is 2.93. The third-order valence-corrected chi connectivity index (χ3v) is 5.45. The summed E-state index contributed by atoms with van der Waals surface area (Å²) >= 11 is 0. The monoisotopic (exact) mass is 334 g/mol. The van der Waals surface area contributed by atoms with E-state index in [1.165, 1.54) is 0 Å². The minimum Gasteiger partial charge on any atom is -0.390 e. The Morgan fingerprint density at radius 2 is 1.96 bits per heavy atom. The van der Waals surface area contributed by atoms with E-state index in [0.717, 1.165) is 35.4 Å². The summed E-state index contributed by atoms with van der Waals surface area (Å²) < 4.78 is 7.79. The first kappa shape index (κ1) is 17.8. The Balaban J connectivity index is 2.13. The van der Waals surface area contributed by atoms with E-state index in [9.17, 15) is 5.11 Å². The molecule has 0 amide bonds.